The normalized spacial score (nSPS) is 18.7. The average Bonchev–Trinajstić information content (AvgIpc) is 2.97. The van der Waals surface area contributed by atoms with Crippen LogP contribution < -0.4 is 11.1 Å². The van der Waals surface area contributed by atoms with Crippen molar-refractivity contribution in [3.05, 3.63) is 28.3 Å². The van der Waals surface area contributed by atoms with Gasteiger partial charge in [-0.3, -0.25) is 14.5 Å². The second-order valence-electron chi connectivity index (χ2n) is 5.92. The van der Waals surface area contributed by atoms with E-state index < -0.39 is 18.0 Å². The molecule has 24 heavy (non-hydrogen) atoms. The van der Waals surface area contributed by atoms with Gasteiger partial charge >= 0.3 is 0 Å². The first-order chi connectivity index (χ1) is 10.8. The predicted octanol–water partition coefficient (Wildman–Crippen LogP) is 1.73. The zero-order chi connectivity index (χ0) is 17.1. The number of aromatic hydroxyl groups is 1. The van der Waals surface area contributed by atoms with Crippen LogP contribution in [-0.2, 0) is 16.1 Å². The summed E-state index contributed by atoms with van der Waals surface area (Å²) in [4.78, 5) is 25.6. The van der Waals surface area contributed by atoms with Gasteiger partial charge in [-0.1, -0.05) is 11.6 Å². The van der Waals surface area contributed by atoms with Gasteiger partial charge in [-0.25, -0.2) is 0 Å². The molecule has 1 heterocycles. The molecular weight excluding hydrogens is 353 g/mol. The second kappa shape index (κ2) is 8.55. The quantitative estimate of drug-likeness (QED) is 0.729. The molecule has 2 atom stereocenters. The molecule has 1 unspecified atom stereocenters. The molecular formula is C16H23Cl2N3O3. The maximum Gasteiger partial charge on any atom is 0.237 e. The number of hydrogen-bond acceptors (Lipinski definition) is 4. The average molecular weight is 376 g/mol. The van der Waals surface area contributed by atoms with Crippen molar-refractivity contribution in [2.45, 2.75) is 45.3 Å². The first kappa shape index (κ1) is 20.5. The lowest BCUT2D eigenvalue weighted by atomic mass is 10.1. The van der Waals surface area contributed by atoms with E-state index in [1.165, 1.54) is 0 Å². The third-order valence-corrected chi connectivity index (χ3v) is 4.52. The molecule has 1 aromatic carbocycles. The van der Waals surface area contributed by atoms with Gasteiger partial charge in [0.25, 0.3) is 0 Å². The molecule has 134 valence electrons. The lowest BCUT2D eigenvalue weighted by Crippen LogP contribution is -2.50. The minimum Gasteiger partial charge on any atom is -0.507 e. The number of phenols is 1. The number of nitrogens with one attached hydrogen (secondary N) is 1. The van der Waals surface area contributed by atoms with Crippen LogP contribution in [0.1, 0.15) is 30.9 Å². The maximum atomic E-state index is 12.3. The Bertz CT molecular complexity index is 625. The van der Waals surface area contributed by atoms with Gasteiger partial charge < -0.3 is 16.2 Å². The van der Waals surface area contributed by atoms with Gasteiger partial charge in [0.2, 0.25) is 11.8 Å². The van der Waals surface area contributed by atoms with Crippen LogP contribution in [0.2, 0.25) is 5.02 Å². The van der Waals surface area contributed by atoms with E-state index in [-0.39, 0.29) is 30.6 Å². The van der Waals surface area contributed by atoms with Gasteiger partial charge in [-0.05, 0) is 50.9 Å². The van der Waals surface area contributed by atoms with Crippen molar-refractivity contribution in [1.29, 1.82) is 0 Å². The fourth-order valence-electron chi connectivity index (χ4n) is 2.98. The van der Waals surface area contributed by atoms with Gasteiger partial charge in [-0.15, -0.1) is 12.4 Å². The van der Waals surface area contributed by atoms with Gasteiger partial charge in [0.1, 0.15) is 5.75 Å². The molecule has 1 aliphatic heterocycles. The minimum absolute atomic E-state index is 0. The first-order valence-corrected chi connectivity index (χ1v) is 7.99. The summed E-state index contributed by atoms with van der Waals surface area (Å²) < 4.78 is 0. The molecule has 0 saturated carbocycles. The zero-order valence-electron chi connectivity index (χ0n) is 13.7. The molecule has 1 aromatic rings. The van der Waals surface area contributed by atoms with Gasteiger partial charge in [-0.2, -0.15) is 0 Å². The Hall–Kier alpha value is -1.50. The fraction of sp³-hybridized carbons (Fsp3) is 0.500. The van der Waals surface area contributed by atoms with Crippen LogP contribution in [0.4, 0.5) is 0 Å². The fourth-order valence-corrected chi connectivity index (χ4v) is 3.27. The first-order valence-electron chi connectivity index (χ1n) is 7.62. The van der Waals surface area contributed by atoms with Crippen molar-refractivity contribution in [2.75, 3.05) is 6.54 Å². The number of benzene rings is 1. The smallest absolute Gasteiger partial charge is 0.237 e. The summed E-state index contributed by atoms with van der Waals surface area (Å²) in [6.07, 6.45) is 1.53. The SMILES string of the molecule is Cc1cc(Cl)cc(CNC(=O)[C@H](C)N2CCCC2C(N)=O)c1O.Cl. The highest BCUT2D eigenvalue weighted by Crippen LogP contribution is 2.26. The minimum atomic E-state index is -0.461. The Balaban J connectivity index is 0.00000288. The number of carbonyl (C=O) groups is 2. The summed E-state index contributed by atoms with van der Waals surface area (Å²) in [7, 11) is 0. The van der Waals surface area contributed by atoms with Crippen LogP contribution >= 0.6 is 24.0 Å². The van der Waals surface area contributed by atoms with Crippen molar-refractivity contribution in [2.24, 2.45) is 5.73 Å². The van der Waals surface area contributed by atoms with E-state index in [2.05, 4.69) is 5.32 Å². The second-order valence-corrected chi connectivity index (χ2v) is 6.36. The molecule has 0 spiro atoms. The number of rotatable bonds is 5. The Morgan fingerprint density at radius 2 is 2.17 bits per heavy atom. The number of primary amides is 1. The number of nitrogens with zero attached hydrogens (tertiary/aromatic N) is 1. The number of amides is 2. The summed E-state index contributed by atoms with van der Waals surface area (Å²) in [6, 6.07) is 2.43. The molecule has 0 aromatic heterocycles. The highest BCUT2D eigenvalue weighted by Gasteiger charge is 2.35. The Labute approximate surface area is 152 Å². The Morgan fingerprint density at radius 1 is 1.50 bits per heavy atom. The zero-order valence-corrected chi connectivity index (χ0v) is 15.3. The van der Waals surface area contributed by atoms with E-state index in [1.807, 2.05) is 4.90 Å². The van der Waals surface area contributed by atoms with Crippen LogP contribution in [0, 0.1) is 6.92 Å². The van der Waals surface area contributed by atoms with Gasteiger partial charge in [0.15, 0.2) is 0 Å². The third-order valence-electron chi connectivity index (χ3n) is 4.30. The summed E-state index contributed by atoms with van der Waals surface area (Å²) in [5.41, 5.74) is 6.60. The van der Waals surface area contributed by atoms with Crippen molar-refractivity contribution in [3.8, 4) is 5.75 Å². The molecule has 4 N–H and O–H groups in total. The number of phenolic OH excluding ortho intramolecular Hbond substituents is 1. The monoisotopic (exact) mass is 375 g/mol. The van der Waals surface area contributed by atoms with Crippen LogP contribution in [0.3, 0.4) is 0 Å². The van der Waals surface area contributed by atoms with Gasteiger partial charge in [0.05, 0.1) is 12.1 Å². The lowest BCUT2D eigenvalue weighted by molar-refractivity contribution is -0.129. The summed E-state index contributed by atoms with van der Waals surface area (Å²) in [6.45, 7) is 4.34. The molecule has 2 rings (SSSR count). The Kier molecular flexibility index (Phi) is 7.32. The van der Waals surface area contributed by atoms with Crippen LogP contribution in [0.5, 0.6) is 5.75 Å². The summed E-state index contributed by atoms with van der Waals surface area (Å²) >= 11 is 5.97. The molecule has 1 saturated heterocycles. The van der Waals surface area contributed by atoms with Crippen molar-refractivity contribution < 1.29 is 14.7 Å². The molecule has 0 radical (unpaired) electrons. The molecule has 0 aliphatic carbocycles. The largest absolute Gasteiger partial charge is 0.507 e. The van der Waals surface area contributed by atoms with Crippen molar-refractivity contribution in [1.82, 2.24) is 10.2 Å². The number of nitrogens with two attached hydrogens (primary N) is 1. The van der Waals surface area contributed by atoms with Crippen LogP contribution in [-0.4, -0.2) is 40.4 Å². The van der Waals surface area contributed by atoms with E-state index in [1.54, 1.807) is 26.0 Å². The molecule has 1 fully saturated rings. The molecule has 1 aliphatic rings. The standard InChI is InChI=1S/C16H22ClN3O3.ClH/c1-9-6-12(17)7-11(14(9)21)8-19-16(23)10(2)20-5-3-4-13(20)15(18)22;/h6-7,10,13,21H,3-5,8H2,1-2H3,(H2,18,22)(H,19,23);1H/t10-,13?;/m0./s1. The number of aryl methyl sites for hydroxylation is 1. The third kappa shape index (κ3) is 4.53. The topological polar surface area (TPSA) is 95.7 Å². The van der Waals surface area contributed by atoms with E-state index in [0.29, 0.717) is 29.1 Å². The van der Waals surface area contributed by atoms with Gasteiger partial charge in [0, 0.05) is 17.1 Å². The van der Waals surface area contributed by atoms with E-state index in [4.69, 9.17) is 17.3 Å². The number of carbonyl (C=O) groups excluding carboxylic acids is 2. The van der Waals surface area contributed by atoms with Crippen LogP contribution in [0.15, 0.2) is 12.1 Å². The van der Waals surface area contributed by atoms with Crippen LogP contribution in [0.25, 0.3) is 0 Å². The highest BCUT2D eigenvalue weighted by molar-refractivity contribution is 6.30. The molecule has 0 bridgehead atoms. The highest BCUT2D eigenvalue weighted by atomic mass is 35.5. The summed E-state index contributed by atoms with van der Waals surface area (Å²) in [5, 5.41) is 13.3. The molecule has 2 amide bonds. The number of hydrogen-bond donors (Lipinski definition) is 3. The molecule has 6 nitrogen and oxygen atoms in total. The lowest BCUT2D eigenvalue weighted by Gasteiger charge is -2.27. The number of likely N-dealkylation sites (tertiary alicyclic amines) is 1. The van der Waals surface area contributed by atoms with Crippen molar-refractivity contribution in [3.63, 3.8) is 0 Å². The Morgan fingerprint density at radius 3 is 2.79 bits per heavy atom. The maximum absolute atomic E-state index is 12.3. The van der Waals surface area contributed by atoms with E-state index >= 15 is 0 Å². The number of halogens is 2. The van der Waals surface area contributed by atoms with E-state index in [9.17, 15) is 14.7 Å². The molecule has 8 heteroatoms. The van der Waals surface area contributed by atoms with Crippen molar-refractivity contribution >= 4 is 35.8 Å². The predicted molar refractivity (Wildman–Crippen MR) is 95.3 cm³/mol. The summed E-state index contributed by atoms with van der Waals surface area (Å²) in [5.74, 6) is -0.487. The van der Waals surface area contributed by atoms with E-state index in [0.717, 1.165) is 6.42 Å².